The molecule has 3 nitrogen and oxygen atoms in total. The first kappa shape index (κ1) is 15.5. The van der Waals surface area contributed by atoms with Crippen molar-refractivity contribution in [3.8, 4) is 0 Å². The van der Waals surface area contributed by atoms with Crippen molar-refractivity contribution < 1.29 is 4.79 Å². The molecule has 122 valence electrons. The predicted molar refractivity (Wildman–Crippen MR) is 99.9 cm³/mol. The molecule has 2 heterocycles. The minimum absolute atomic E-state index is 0.181. The van der Waals surface area contributed by atoms with Gasteiger partial charge in [-0.1, -0.05) is 42.5 Å². The van der Waals surface area contributed by atoms with E-state index in [2.05, 4.69) is 57.8 Å². The van der Waals surface area contributed by atoms with E-state index in [-0.39, 0.29) is 5.91 Å². The largest absolute Gasteiger partial charge is 0.336 e. The van der Waals surface area contributed by atoms with E-state index in [4.69, 9.17) is 0 Å². The molecular formula is C20H19BrN2O. The summed E-state index contributed by atoms with van der Waals surface area (Å²) in [5, 5.41) is 1.16. The number of benzene rings is 2. The van der Waals surface area contributed by atoms with Crippen molar-refractivity contribution in [2.75, 3.05) is 6.54 Å². The molecule has 4 heteroatoms. The molecule has 0 aliphatic carbocycles. The molecule has 0 radical (unpaired) electrons. The molecule has 1 aliphatic rings. The van der Waals surface area contributed by atoms with Crippen LogP contribution in [0.5, 0.6) is 0 Å². The first-order chi connectivity index (χ1) is 11.6. The Bertz CT molecular complexity index is 929. The van der Waals surface area contributed by atoms with Gasteiger partial charge in [0.1, 0.15) is 6.54 Å². The monoisotopic (exact) mass is 382 g/mol. The number of halogens is 1. The predicted octanol–water partition coefficient (Wildman–Crippen LogP) is 4.30. The lowest BCUT2D eigenvalue weighted by molar-refractivity contribution is -0.132. The van der Waals surface area contributed by atoms with Crippen molar-refractivity contribution in [3.63, 3.8) is 0 Å². The van der Waals surface area contributed by atoms with Crippen LogP contribution in [-0.2, 0) is 24.3 Å². The normalized spacial score (nSPS) is 14.0. The minimum Gasteiger partial charge on any atom is -0.336 e. The van der Waals surface area contributed by atoms with Crippen LogP contribution in [0.15, 0.2) is 53.0 Å². The van der Waals surface area contributed by atoms with Gasteiger partial charge in [-0.3, -0.25) is 4.79 Å². The summed E-state index contributed by atoms with van der Waals surface area (Å²) in [4.78, 5) is 14.8. The van der Waals surface area contributed by atoms with Crippen LogP contribution in [0.1, 0.15) is 16.8 Å². The zero-order valence-corrected chi connectivity index (χ0v) is 15.2. The summed E-state index contributed by atoms with van der Waals surface area (Å²) in [6, 6.07) is 16.6. The highest BCUT2D eigenvalue weighted by Gasteiger charge is 2.22. The molecule has 0 bridgehead atoms. The van der Waals surface area contributed by atoms with Crippen LogP contribution in [0.4, 0.5) is 0 Å². The van der Waals surface area contributed by atoms with E-state index in [0.717, 1.165) is 34.0 Å². The van der Waals surface area contributed by atoms with Crippen molar-refractivity contribution in [3.05, 3.63) is 69.8 Å². The van der Waals surface area contributed by atoms with Gasteiger partial charge in [-0.15, -0.1) is 0 Å². The maximum Gasteiger partial charge on any atom is 0.242 e. The number of aromatic nitrogens is 1. The average molecular weight is 383 g/mol. The Morgan fingerprint density at radius 3 is 2.62 bits per heavy atom. The molecular weight excluding hydrogens is 364 g/mol. The molecule has 0 atom stereocenters. The summed E-state index contributed by atoms with van der Waals surface area (Å²) in [5.41, 5.74) is 4.84. The molecule has 0 saturated heterocycles. The number of rotatable bonds is 2. The summed E-state index contributed by atoms with van der Waals surface area (Å²) in [6.45, 7) is 3.96. The number of hydrogen-bond acceptors (Lipinski definition) is 1. The molecule has 1 aliphatic heterocycles. The first-order valence-corrected chi connectivity index (χ1v) is 9.02. The summed E-state index contributed by atoms with van der Waals surface area (Å²) in [6.07, 6.45) is 0.941. The third kappa shape index (κ3) is 2.55. The second-order valence-corrected chi connectivity index (χ2v) is 7.13. The lowest BCUT2D eigenvalue weighted by atomic mass is 10.00. The van der Waals surface area contributed by atoms with Crippen LogP contribution in [0, 0.1) is 6.92 Å². The molecule has 3 aromatic rings. The number of hydrogen-bond donors (Lipinski definition) is 0. The smallest absolute Gasteiger partial charge is 0.242 e. The highest BCUT2D eigenvalue weighted by atomic mass is 79.9. The number of nitrogens with zero attached hydrogens (tertiary/aromatic N) is 2. The van der Waals surface area contributed by atoms with Gasteiger partial charge in [0.2, 0.25) is 5.91 Å². The van der Waals surface area contributed by atoms with Gasteiger partial charge in [0.25, 0.3) is 0 Å². The highest BCUT2D eigenvalue weighted by molar-refractivity contribution is 9.10. The Morgan fingerprint density at radius 1 is 1.08 bits per heavy atom. The van der Waals surface area contributed by atoms with Crippen molar-refractivity contribution in [1.29, 1.82) is 0 Å². The Morgan fingerprint density at radius 2 is 1.79 bits per heavy atom. The number of carbonyl (C=O) groups is 1. The fourth-order valence-electron chi connectivity index (χ4n) is 3.54. The van der Waals surface area contributed by atoms with Gasteiger partial charge in [0.05, 0.1) is 0 Å². The quantitative estimate of drug-likeness (QED) is 0.648. The van der Waals surface area contributed by atoms with Gasteiger partial charge in [-0.25, -0.2) is 0 Å². The van der Waals surface area contributed by atoms with Gasteiger partial charge in [0, 0.05) is 34.2 Å². The maximum atomic E-state index is 12.9. The van der Waals surface area contributed by atoms with Crippen LogP contribution in [0.25, 0.3) is 10.9 Å². The fourth-order valence-corrected chi connectivity index (χ4v) is 4.09. The maximum absolute atomic E-state index is 12.9. The van der Waals surface area contributed by atoms with Crippen molar-refractivity contribution in [1.82, 2.24) is 9.47 Å². The average Bonchev–Trinajstić information content (AvgIpc) is 2.86. The molecule has 1 aromatic heterocycles. The summed E-state index contributed by atoms with van der Waals surface area (Å²) >= 11 is 3.66. The van der Waals surface area contributed by atoms with E-state index in [1.54, 1.807) is 0 Å². The van der Waals surface area contributed by atoms with Crippen LogP contribution in [0.2, 0.25) is 0 Å². The summed E-state index contributed by atoms with van der Waals surface area (Å²) in [7, 11) is 0. The number of carbonyl (C=O) groups excluding carboxylic acids is 1. The summed E-state index contributed by atoms with van der Waals surface area (Å²) in [5.74, 6) is 0.181. The Kier molecular flexibility index (Phi) is 3.93. The molecule has 0 fully saturated rings. The SMILES string of the molecule is Cc1c(Br)c2ccccc2n1CC(=O)N1CCc2ccccc2C1. The van der Waals surface area contributed by atoms with Gasteiger partial charge in [0.15, 0.2) is 0 Å². The molecule has 0 N–H and O–H groups in total. The van der Waals surface area contributed by atoms with E-state index in [1.165, 1.54) is 11.1 Å². The van der Waals surface area contributed by atoms with E-state index in [0.29, 0.717) is 13.1 Å². The molecule has 4 rings (SSSR count). The minimum atomic E-state index is 0.181. The van der Waals surface area contributed by atoms with E-state index in [1.807, 2.05) is 23.1 Å². The Balaban J connectivity index is 1.61. The fraction of sp³-hybridized carbons (Fsp3) is 0.250. The zero-order chi connectivity index (χ0) is 16.7. The molecule has 1 amide bonds. The molecule has 2 aromatic carbocycles. The van der Waals surface area contributed by atoms with Gasteiger partial charge in [-0.05, 0) is 46.5 Å². The standard InChI is InChI=1S/C20H19BrN2O/c1-14-20(21)17-8-4-5-9-18(17)23(14)13-19(24)22-11-10-15-6-2-3-7-16(15)12-22/h2-9H,10-13H2,1H3. The third-order valence-corrected chi connectivity index (χ3v) is 5.93. The Labute approximate surface area is 150 Å². The van der Waals surface area contributed by atoms with Gasteiger partial charge in [-0.2, -0.15) is 0 Å². The molecule has 0 saturated carbocycles. The zero-order valence-electron chi connectivity index (χ0n) is 13.6. The number of para-hydroxylation sites is 1. The van der Waals surface area contributed by atoms with Crippen molar-refractivity contribution >= 4 is 32.7 Å². The van der Waals surface area contributed by atoms with E-state index in [9.17, 15) is 4.79 Å². The van der Waals surface area contributed by atoms with E-state index < -0.39 is 0 Å². The second-order valence-electron chi connectivity index (χ2n) is 6.34. The van der Waals surface area contributed by atoms with Crippen molar-refractivity contribution in [2.24, 2.45) is 0 Å². The third-order valence-electron chi connectivity index (χ3n) is 4.93. The van der Waals surface area contributed by atoms with Gasteiger partial charge >= 0.3 is 0 Å². The van der Waals surface area contributed by atoms with Crippen molar-refractivity contribution in [2.45, 2.75) is 26.4 Å². The Hall–Kier alpha value is -2.07. The number of fused-ring (bicyclic) bond motifs is 2. The second kappa shape index (κ2) is 6.10. The summed E-state index contributed by atoms with van der Waals surface area (Å²) < 4.78 is 3.19. The molecule has 24 heavy (non-hydrogen) atoms. The topological polar surface area (TPSA) is 25.2 Å². The first-order valence-electron chi connectivity index (χ1n) is 8.23. The van der Waals surface area contributed by atoms with Crippen LogP contribution in [0.3, 0.4) is 0 Å². The van der Waals surface area contributed by atoms with Crippen LogP contribution in [-0.4, -0.2) is 21.9 Å². The van der Waals surface area contributed by atoms with E-state index >= 15 is 0 Å². The van der Waals surface area contributed by atoms with Crippen LogP contribution >= 0.6 is 15.9 Å². The molecule has 0 unspecified atom stereocenters. The number of amides is 1. The molecule has 0 spiro atoms. The van der Waals surface area contributed by atoms with Gasteiger partial charge < -0.3 is 9.47 Å². The lowest BCUT2D eigenvalue weighted by Crippen LogP contribution is -2.38. The lowest BCUT2D eigenvalue weighted by Gasteiger charge is -2.29. The van der Waals surface area contributed by atoms with Crippen LogP contribution < -0.4 is 0 Å². The highest BCUT2D eigenvalue weighted by Crippen LogP contribution is 2.30.